The molecule has 0 amide bonds. The highest BCUT2D eigenvalue weighted by Crippen LogP contribution is 2.47. The minimum Gasteiger partial charge on any atom is -0.468 e. The number of dihydropyridines is 1. The van der Waals surface area contributed by atoms with Crippen LogP contribution in [0.15, 0.2) is 46.8 Å². The van der Waals surface area contributed by atoms with Gasteiger partial charge in [-0.3, -0.25) is 19.7 Å². The van der Waals surface area contributed by atoms with Crippen LogP contribution in [0, 0.1) is 22.0 Å². The van der Waals surface area contributed by atoms with Gasteiger partial charge in [-0.2, -0.15) is 0 Å². The highest BCUT2D eigenvalue weighted by molar-refractivity contribution is 6.12. The lowest BCUT2D eigenvalue weighted by molar-refractivity contribution is -0.385. The molecule has 4 atom stereocenters. The second-order valence-corrected chi connectivity index (χ2v) is 8.48. The lowest BCUT2D eigenvalue weighted by atomic mass is 9.69. The lowest BCUT2D eigenvalue weighted by Gasteiger charge is -2.38. The molecule has 0 aromatic heterocycles. The van der Waals surface area contributed by atoms with Gasteiger partial charge in [-0.15, -0.1) is 0 Å². The average molecular weight is 456 g/mol. The summed E-state index contributed by atoms with van der Waals surface area (Å²) >= 11 is 0. The third-order valence-corrected chi connectivity index (χ3v) is 6.29. The molecule has 1 aliphatic heterocycles. The molecule has 0 bridgehead atoms. The number of rotatable bonds is 6. The Morgan fingerprint density at radius 1 is 1.30 bits per heavy atom. The maximum atomic E-state index is 13.6. The number of methoxy groups -OCH3 is 1. The Bertz CT molecular complexity index is 1070. The van der Waals surface area contributed by atoms with Crippen molar-refractivity contribution in [3.8, 4) is 0 Å². The van der Waals surface area contributed by atoms with Crippen molar-refractivity contribution >= 4 is 23.4 Å². The molecule has 3 rings (SSSR count). The Kier molecular flexibility index (Phi) is 7.00. The molecule has 1 aromatic rings. The van der Waals surface area contributed by atoms with Gasteiger partial charge >= 0.3 is 11.9 Å². The molecular formula is C24H28N2O7. The van der Waals surface area contributed by atoms with E-state index in [2.05, 4.69) is 5.32 Å². The van der Waals surface area contributed by atoms with Gasteiger partial charge in [-0.1, -0.05) is 32.0 Å². The van der Waals surface area contributed by atoms with Crippen LogP contribution in [0.3, 0.4) is 0 Å². The molecule has 9 heteroatoms. The van der Waals surface area contributed by atoms with Crippen LogP contribution in [0.1, 0.15) is 52.0 Å². The van der Waals surface area contributed by atoms with Crippen LogP contribution in [0.25, 0.3) is 0 Å². The normalized spacial score (nSPS) is 23.4. The maximum absolute atomic E-state index is 13.6. The molecule has 1 aliphatic carbocycles. The molecule has 0 saturated heterocycles. The SMILES string of the molecule is CC[C@@H](C)OC(=O)C1=C(C)NC2=C(C(=O)[C@@H](C(=O)OC)[C@@H](C)C2)[C@H]1c1ccccc1[N+](=O)[O-]. The molecule has 0 saturated carbocycles. The van der Waals surface area contributed by atoms with Gasteiger partial charge in [0.15, 0.2) is 5.78 Å². The fraction of sp³-hybridized carbons (Fsp3) is 0.458. The first-order valence-corrected chi connectivity index (χ1v) is 10.9. The second kappa shape index (κ2) is 9.56. The third-order valence-electron chi connectivity index (χ3n) is 6.29. The molecule has 1 heterocycles. The first-order valence-electron chi connectivity index (χ1n) is 10.9. The number of nitro benzene ring substituents is 1. The minimum atomic E-state index is -1.06. The van der Waals surface area contributed by atoms with Crippen LogP contribution in [-0.4, -0.2) is 35.9 Å². The number of nitrogens with one attached hydrogen (secondary N) is 1. The summed E-state index contributed by atoms with van der Waals surface area (Å²) in [4.78, 5) is 50.6. The van der Waals surface area contributed by atoms with Crippen molar-refractivity contribution in [2.45, 2.75) is 52.6 Å². The van der Waals surface area contributed by atoms with Gasteiger partial charge in [-0.05, 0) is 32.6 Å². The molecular weight excluding hydrogens is 428 g/mol. The number of esters is 2. The van der Waals surface area contributed by atoms with Crippen molar-refractivity contribution in [3.05, 3.63) is 62.5 Å². The van der Waals surface area contributed by atoms with Crippen LogP contribution < -0.4 is 5.32 Å². The number of benzene rings is 1. The quantitative estimate of drug-likeness (QED) is 0.298. The van der Waals surface area contributed by atoms with Crippen LogP contribution in [0.2, 0.25) is 0 Å². The standard InChI is InChI=1S/C24H28N2O7/c1-6-13(3)33-24(29)19-14(4)25-16-11-12(2)18(23(28)32-5)22(27)21(16)20(19)15-9-7-8-10-17(15)26(30)31/h7-10,12-13,18,20,25H,6,11H2,1-5H3/t12-,13+,18-,20-/m0/s1. The molecule has 0 radical (unpaired) electrons. The topological polar surface area (TPSA) is 125 Å². The van der Waals surface area contributed by atoms with Crippen molar-refractivity contribution < 1.29 is 28.8 Å². The first kappa shape index (κ1) is 24.2. The van der Waals surface area contributed by atoms with E-state index < -0.39 is 34.5 Å². The molecule has 9 nitrogen and oxygen atoms in total. The number of nitro groups is 1. The summed E-state index contributed by atoms with van der Waals surface area (Å²) in [5, 5.41) is 15.0. The molecule has 0 fully saturated rings. The van der Waals surface area contributed by atoms with E-state index >= 15 is 0 Å². The van der Waals surface area contributed by atoms with E-state index in [1.54, 1.807) is 26.8 Å². The molecule has 2 aliphatic rings. The Labute approximate surface area is 192 Å². The summed E-state index contributed by atoms with van der Waals surface area (Å²) in [6.07, 6.45) is 0.545. The van der Waals surface area contributed by atoms with Gasteiger partial charge in [0.25, 0.3) is 5.69 Å². The number of hydrogen-bond donors (Lipinski definition) is 1. The molecule has 1 N–H and O–H groups in total. The maximum Gasteiger partial charge on any atom is 0.337 e. The third kappa shape index (κ3) is 4.40. The van der Waals surface area contributed by atoms with Crippen LogP contribution in [0.4, 0.5) is 5.69 Å². The predicted octanol–water partition coefficient (Wildman–Crippen LogP) is 3.55. The van der Waals surface area contributed by atoms with Crippen LogP contribution in [-0.2, 0) is 23.9 Å². The van der Waals surface area contributed by atoms with E-state index in [1.165, 1.54) is 25.3 Å². The van der Waals surface area contributed by atoms with Crippen LogP contribution in [0.5, 0.6) is 0 Å². The van der Waals surface area contributed by atoms with Crippen molar-refractivity contribution in [1.29, 1.82) is 0 Å². The van der Waals surface area contributed by atoms with Gasteiger partial charge in [-0.25, -0.2) is 4.79 Å². The zero-order chi connectivity index (χ0) is 24.4. The van der Waals surface area contributed by atoms with Gasteiger partial charge in [0.2, 0.25) is 0 Å². The van der Waals surface area contributed by atoms with Gasteiger partial charge < -0.3 is 14.8 Å². The molecule has 1 aromatic carbocycles. The average Bonchev–Trinajstić information content (AvgIpc) is 2.77. The Morgan fingerprint density at radius 3 is 2.58 bits per heavy atom. The van der Waals surface area contributed by atoms with E-state index in [0.29, 0.717) is 24.2 Å². The summed E-state index contributed by atoms with van der Waals surface area (Å²) in [5.74, 6) is -4.30. The second-order valence-electron chi connectivity index (χ2n) is 8.48. The minimum absolute atomic E-state index is 0.120. The largest absolute Gasteiger partial charge is 0.468 e. The summed E-state index contributed by atoms with van der Waals surface area (Å²) in [6, 6.07) is 6.00. The highest BCUT2D eigenvalue weighted by Gasteiger charge is 2.48. The fourth-order valence-corrected chi connectivity index (χ4v) is 4.49. The van der Waals surface area contributed by atoms with E-state index in [4.69, 9.17) is 9.47 Å². The summed E-state index contributed by atoms with van der Waals surface area (Å²) in [7, 11) is 1.21. The van der Waals surface area contributed by atoms with E-state index in [9.17, 15) is 24.5 Å². The summed E-state index contributed by atoms with van der Waals surface area (Å²) < 4.78 is 10.4. The molecule has 33 heavy (non-hydrogen) atoms. The van der Waals surface area contributed by atoms with E-state index in [0.717, 1.165) is 0 Å². The molecule has 0 unspecified atom stereocenters. The number of para-hydroxylation sites is 1. The van der Waals surface area contributed by atoms with Gasteiger partial charge in [0.1, 0.15) is 5.92 Å². The molecule has 0 spiro atoms. The number of carbonyl (C=O) groups is 3. The fourth-order valence-electron chi connectivity index (χ4n) is 4.49. The predicted molar refractivity (Wildman–Crippen MR) is 119 cm³/mol. The number of hydrogen-bond acceptors (Lipinski definition) is 8. The first-order chi connectivity index (χ1) is 15.6. The van der Waals surface area contributed by atoms with Crippen molar-refractivity contribution in [2.75, 3.05) is 7.11 Å². The van der Waals surface area contributed by atoms with E-state index in [-0.39, 0.29) is 34.4 Å². The number of allylic oxidation sites excluding steroid dienone is 3. The zero-order valence-corrected chi connectivity index (χ0v) is 19.3. The monoisotopic (exact) mass is 456 g/mol. The van der Waals surface area contributed by atoms with Crippen molar-refractivity contribution in [2.24, 2.45) is 11.8 Å². The van der Waals surface area contributed by atoms with E-state index in [1.807, 2.05) is 6.92 Å². The number of carbonyl (C=O) groups excluding carboxylic acids is 3. The van der Waals surface area contributed by atoms with Crippen LogP contribution >= 0.6 is 0 Å². The van der Waals surface area contributed by atoms with Gasteiger partial charge in [0.05, 0.1) is 29.6 Å². The summed E-state index contributed by atoms with van der Waals surface area (Å²) in [6.45, 7) is 7.07. The Hall–Kier alpha value is -3.49. The van der Waals surface area contributed by atoms with Gasteiger partial charge in [0, 0.05) is 28.6 Å². The summed E-state index contributed by atoms with van der Waals surface area (Å²) in [5.41, 5.74) is 1.27. The number of nitrogens with zero attached hydrogens (tertiary/aromatic N) is 1. The lowest BCUT2D eigenvalue weighted by Crippen LogP contribution is -2.43. The number of ketones is 1. The van der Waals surface area contributed by atoms with Crippen molar-refractivity contribution in [1.82, 2.24) is 5.32 Å². The Balaban J connectivity index is 2.25. The highest BCUT2D eigenvalue weighted by atomic mass is 16.6. The molecule has 176 valence electrons. The number of Topliss-reactive ketones (excluding diaryl/α,β-unsaturated/α-hetero) is 1. The Morgan fingerprint density at radius 2 is 1.97 bits per heavy atom. The zero-order valence-electron chi connectivity index (χ0n) is 19.3. The van der Waals surface area contributed by atoms with Crippen molar-refractivity contribution in [3.63, 3.8) is 0 Å². The smallest absolute Gasteiger partial charge is 0.337 e. The number of ether oxygens (including phenoxy) is 2.